The minimum absolute atomic E-state index is 0.0411. The number of hydrogen-bond donors (Lipinski definition) is 0. The molecule has 0 spiro atoms. The molecule has 0 nitrogen and oxygen atoms in total. The second kappa shape index (κ2) is 26.1. The van der Waals surface area contributed by atoms with E-state index in [0.717, 1.165) is 51.4 Å². The third-order valence-corrected chi connectivity index (χ3v) is 45.0. The zero-order valence-corrected chi connectivity index (χ0v) is 64.5. The average Bonchev–Trinajstić information content (AvgIpc) is 1.33. The molecule has 0 bridgehead atoms. The Morgan fingerprint density at radius 1 is 0.345 bits per heavy atom. The van der Waals surface area contributed by atoms with Crippen molar-refractivity contribution in [3.8, 4) is 0 Å². The van der Waals surface area contributed by atoms with E-state index in [1.54, 1.807) is 64.6 Å². The van der Waals surface area contributed by atoms with Crippen molar-refractivity contribution in [1.82, 2.24) is 0 Å². The summed E-state index contributed by atoms with van der Waals surface area (Å²) in [6.07, 6.45) is 8.54. The van der Waals surface area contributed by atoms with Crippen LogP contribution in [0.25, 0.3) is 0 Å². The summed E-state index contributed by atoms with van der Waals surface area (Å²) in [5, 5.41) is 17.6. The van der Waals surface area contributed by atoms with Crippen molar-refractivity contribution in [1.29, 1.82) is 0 Å². The maximum atomic E-state index is 2.72. The Kier molecular flexibility index (Phi) is 21.1. The fraction of sp³-hybridized carbons (Fsp3) is 0.450. The SMILES string of the molecule is CCc1cc(CC)cc([Si](c2c(C)cccc2C)(c2c(C)cccc2C)C2(C)C(C)=C(C)C(C)=[C]2[Sn]([CH3])([CH3])[CH3])c1.CCc1cc(CC)cc([Si](c2cc(CC)cc(CC)c2)(c2cc(CC)cc(CC)c2)C2(C)C(C)=C(C)C(C)=[C]2[Ti]([CH3])([CH3])[CH3])c1. The van der Waals surface area contributed by atoms with Gasteiger partial charge in [0.2, 0.25) is 0 Å². The molecule has 0 saturated carbocycles. The summed E-state index contributed by atoms with van der Waals surface area (Å²) in [6.45, 7) is 48.5. The predicted octanol–water partition coefficient (Wildman–Crippen LogP) is 19.0. The third-order valence-electron chi connectivity index (χ3n) is 21.4. The zero-order chi connectivity index (χ0) is 62.4. The second-order valence-electron chi connectivity index (χ2n) is 28.3. The van der Waals surface area contributed by atoms with Gasteiger partial charge in [-0.25, -0.2) is 0 Å². The van der Waals surface area contributed by atoms with Crippen molar-refractivity contribution in [2.24, 2.45) is 0 Å². The van der Waals surface area contributed by atoms with E-state index in [9.17, 15) is 0 Å². The molecule has 448 valence electrons. The number of hydrogen-bond acceptors (Lipinski definition) is 0. The van der Waals surface area contributed by atoms with Gasteiger partial charge in [-0.05, 0) is 0 Å². The predicted molar refractivity (Wildman–Crippen MR) is 382 cm³/mol. The van der Waals surface area contributed by atoms with E-state index in [-0.39, 0.29) is 10.1 Å². The van der Waals surface area contributed by atoms with Crippen molar-refractivity contribution >= 4 is 65.6 Å². The molecule has 8 rings (SSSR count). The molecular weight excluding hydrogens is 1180 g/mol. The summed E-state index contributed by atoms with van der Waals surface area (Å²) in [4.78, 5) is 7.98. The van der Waals surface area contributed by atoms with Gasteiger partial charge in [0.15, 0.2) is 0 Å². The van der Waals surface area contributed by atoms with Crippen molar-refractivity contribution in [3.05, 3.63) is 217 Å². The van der Waals surface area contributed by atoms with Gasteiger partial charge in [-0.3, -0.25) is 0 Å². The first-order chi connectivity index (χ1) is 39.4. The van der Waals surface area contributed by atoms with Gasteiger partial charge in [0, 0.05) is 0 Å². The number of rotatable bonds is 18. The van der Waals surface area contributed by atoms with Crippen LogP contribution in [0.4, 0.5) is 0 Å². The zero-order valence-electron chi connectivity index (χ0n) is 58.0. The van der Waals surface area contributed by atoms with Crippen molar-refractivity contribution in [2.75, 3.05) is 0 Å². The first-order valence-electron chi connectivity index (χ1n) is 32.9. The Balaban J connectivity index is 0.000000242. The summed E-state index contributed by atoms with van der Waals surface area (Å²) in [6, 6.07) is 45.3. The average molecular weight is 1300 g/mol. The van der Waals surface area contributed by atoms with Gasteiger partial charge in [0.25, 0.3) is 0 Å². The maximum absolute atomic E-state index is 2.79. The molecule has 4 heteroatoms. The fourth-order valence-corrected chi connectivity index (χ4v) is 50.8. The molecule has 0 saturated heterocycles. The van der Waals surface area contributed by atoms with E-state index in [0.29, 0.717) is 0 Å². The molecule has 0 aliphatic heterocycles. The van der Waals surface area contributed by atoms with Crippen molar-refractivity contribution < 1.29 is 16.6 Å². The molecule has 0 fully saturated rings. The standard InChI is InChI=1S/C39H51Si.C35H43Si.6CH3.Sn.Ti/c1-11-30-17-31(12-2)21-36(20-30)40(39(10)26-27(7)28(8)29(39)9,37-22-32(13-3)18-33(14-4)23-37)38-24-34(15-5)19-35(16-6)25-38;1-11-30-19-31(12-2)21-32(20-30)36(33-23(3)15-13-16-24(33)4,34-25(5)17-14-18-26(34)6)35(10)22-27(7)28(8)29(35)9;;;;;;;;/h17-25H,11-16H2,1-10H3;13-21H,11-12H2,1-10H3;6*1H3;;. The first kappa shape index (κ1) is 67.7. The minimum atomic E-state index is -2.79. The Bertz CT molecular complexity index is 3280. The van der Waals surface area contributed by atoms with Crippen LogP contribution in [0.3, 0.4) is 0 Å². The molecule has 2 atom stereocenters. The van der Waals surface area contributed by atoms with Crippen molar-refractivity contribution in [3.63, 3.8) is 0 Å². The van der Waals surface area contributed by atoms with Crippen LogP contribution in [-0.2, 0) is 68.0 Å². The molecule has 6 aromatic carbocycles. The summed E-state index contributed by atoms with van der Waals surface area (Å²) >= 11 is -5.07. The van der Waals surface area contributed by atoms with Gasteiger partial charge >= 0.3 is 530 Å². The third kappa shape index (κ3) is 11.4. The molecule has 6 aromatic rings. The van der Waals surface area contributed by atoms with Crippen LogP contribution >= 0.6 is 0 Å². The van der Waals surface area contributed by atoms with Crippen LogP contribution in [0.1, 0.15) is 178 Å². The Labute approximate surface area is 524 Å². The molecule has 2 unspecified atom stereocenters. The Morgan fingerprint density at radius 3 is 0.845 bits per heavy atom. The van der Waals surface area contributed by atoms with E-state index in [1.165, 1.54) is 66.8 Å². The van der Waals surface area contributed by atoms with E-state index < -0.39 is 51.1 Å². The summed E-state index contributed by atoms with van der Waals surface area (Å²) < 4.78 is 3.67. The molecule has 0 aromatic heterocycles. The van der Waals surface area contributed by atoms with E-state index in [2.05, 4.69) is 278 Å². The Hall–Kier alpha value is -3.77. The molecule has 0 N–H and O–H groups in total. The molecular formula is C80H112Si2SnTi. The molecule has 0 amide bonds. The monoisotopic (exact) mass is 1300 g/mol. The van der Waals surface area contributed by atoms with Crippen LogP contribution in [-0.4, -0.2) is 34.5 Å². The molecule has 2 aliphatic rings. The fourth-order valence-electron chi connectivity index (χ4n) is 17.3. The van der Waals surface area contributed by atoms with Crippen LogP contribution in [0.5, 0.6) is 0 Å². The summed E-state index contributed by atoms with van der Waals surface area (Å²) in [5.41, 5.74) is 27.2. The van der Waals surface area contributed by atoms with E-state index in [1.807, 2.05) is 7.47 Å². The molecule has 0 heterocycles. The van der Waals surface area contributed by atoms with Crippen LogP contribution in [0, 0.1) is 27.7 Å². The van der Waals surface area contributed by atoms with Gasteiger partial charge in [-0.2, -0.15) is 0 Å². The normalized spacial score (nSPS) is 17.9. The van der Waals surface area contributed by atoms with Crippen molar-refractivity contribution in [2.45, 2.75) is 230 Å². The van der Waals surface area contributed by atoms with Gasteiger partial charge in [-0.1, -0.05) is 0 Å². The summed E-state index contributed by atoms with van der Waals surface area (Å²) in [5.74, 6) is 0. The number of aryl methyl sites for hydroxylation is 12. The van der Waals surface area contributed by atoms with Crippen LogP contribution in [0.2, 0.25) is 40.6 Å². The van der Waals surface area contributed by atoms with Crippen LogP contribution < -0.4 is 31.1 Å². The topological polar surface area (TPSA) is 0 Å². The number of benzene rings is 6. The van der Waals surface area contributed by atoms with Gasteiger partial charge in [0.1, 0.15) is 0 Å². The molecule has 2 aliphatic carbocycles. The molecule has 84 heavy (non-hydrogen) atoms. The summed E-state index contributed by atoms with van der Waals surface area (Å²) in [7, 11) is -5.56. The Morgan fingerprint density at radius 2 is 0.595 bits per heavy atom. The van der Waals surface area contributed by atoms with Crippen LogP contribution in [0.15, 0.2) is 150 Å². The van der Waals surface area contributed by atoms with E-state index >= 15 is 0 Å². The van der Waals surface area contributed by atoms with E-state index in [4.69, 9.17) is 0 Å². The van der Waals surface area contributed by atoms with Gasteiger partial charge < -0.3 is 0 Å². The van der Waals surface area contributed by atoms with Gasteiger partial charge in [-0.15, -0.1) is 0 Å². The quantitative estimate of drug-likeness (QED) is 0.0594. The first-order valence-corrected chi connectivity index (χ1v) is 52.4. The number of allylic oxidation sites excluding steroid dienone is 8. The van der Waals surface area contributed by atoms with Gasteiger partial charge in [0.05, 0.1) is 0 Å². The second-order valence-corrected chi connectivity index (χ2v) is 58.7. The molecule has 0 radical (unpaired) electrons.